The van der Waals surface area contributed by atoms with E-state index in [1.807, 2.05) is 24.3 Å². The predicted octanol–water partition coefficient (Wildman–Crippen LogP) is 2.91. The first-order chi connectivity index (χ1) is 5.95. The van der Waals surface area contributed by atoms with Gasteiger partial charge in [0.2, 0.25) is 5.71 Å². The first-order valence-electron chi connectivity index (χ1n) is 3.89. The normalized spacial score (nSPS) is 11.3. The van der Waals surface area contributed by atoms with Gasteiger partial charge in [-0.05, 0) is 12.1 Å². The molecule has 1 N–H and O–H groups in total. The summed E-state index contributed by atoms with van der Waals surface area (Å²) in [6.07, 6.45) is 1.70. The van der Waals surface area contributed by atoms with Crippen LogP contribution in [0.4, 0.5) is 0 Å². The van der Waals surface area contributed by atoms with Gasteiger partial charge >= 0.3 is 0 Å². The van der Waals surface area contributed by atoms with E-state index in [2.05, 4.69) is 11.1 Å². The van der Waals surface area contributed by atoms with Crippen LogP contribution in [0.25, 0.3) is 22.0 Å². The maximum absolute atomic E-state index is 5.25. The maximum atomic E-state index is 5.25. The molecule has 0 unspecified atom stereocenters. The number of aromatic amines is 1. The van der Waals surface area contributed by atoms with Gasteiger partial charge < -0.3 is 9.40 Å². The van der Waals surface area contributed by atoms with Crippen LogP contribution in [0.15, 0.2) is 41.0 Å². The van der Waals surface area contributed by atoms with Crippen LogP contribution < -0.4 is 0 Å². The number of hydrogen-bond donors (Lipinski definition) is 1. The van der Waals surface area contributed by atoms with Crippen molar-refractivity contribution in [2.24, 2.45) is 0 Å². The first-order valence-corrected chi connectivity index (χ1v) is 3.89. The Labute approximate surface area is 68.8 Å². The number of H-pyrrole nitrogens is 1. The van der Waals surface area contributed by atoms with Crippen LogP contribution in [0.2, 0.25) is 0 Å². The predicted molar refractivity (Wildman–Crippen MR) is 48.1 cm³/mol. The summed E-state index contributed by atoms with van der Waals surface area (Å²) >= 11 is 0. The fourth-order valence-corrected chi connectivity index (χ4v) is 1.57. The SMILES string of the molecule is c1ccc2c(c1)[nH]c1occc12. The number of rotatable bonds is 0. The molecule has 0 bridgehead atoms. The number of aromatic nitrogens is 1. The highest BCUT2D eigenvalue weighted by Gasteiger charge is 2.03. The second-order valence-electron chi connectivity index (χ2n) is 2.83. The van der Waals surface area contributed by atoms with E-state index < -0.39 is 0 Å². The van der Waals surface area contributed by atoms with Crippen molar-refractivity contribution in [3.05, 3.63) is 36.6 Å². The Morgan fingerprint density at radius 3 is 2.92 bits per heavy atom. The highest BCUT2D eigenvalue weighted by molar-refractivity contribution is 6.05. The molecule has 0 aliphatic heterocycles. The Hall–Kier alpha value is -1.70. The van der Waals surface area contributed by atoms with Crippen molar-refractivity contribution in [3.8, 4) is 0 Å². The molecule has 2 aromatic heterocycles. The summed E-state index contributed by atoms with van der Waals surface area (Å²) < 4.78 is 5.25. The van der Waals surface area contributed by atoms with E-state index in [-0.39, 0.29) is 0 Å². The summed E-state index contributed by atoms with van der Waals surface area (Å²) in [5.41, 5.74) is 1.99. The van der Waals surface area contributed by atoms with Crippen molar-refractivity contribution in [3.63, 3.8) is 0 Å². The van der Waals surface area contributed by atoms with Crippen molar-refractivity contribution < 1.29 is 4.42 Å². The summed E-state index contributed by atoms with van der Waals surface area (Å²) in [5.74, 6) is 0. The molecule has 2 heteroatoms. The van der Waals surface area contributed by atoms with Crippen LogP contribution in [0.5, 0.6) is 0 Å². The molecule has 12 heavy (non-hydrogen) atoms. The zero-order valence-electron chi connectivity index (χ0n) is 6.37. The van der Waals surface area contributed by atoms with Gasteiger partial charge in [0, 0.05) is 16.3 Å². The molecule has 58 valence electrons. The molecule has 0 saturated heterocycles. The lowest BCUT2D eigenvalue weighted by Gasteiger charge is -1.84. The van der Waals surface area contributed by atoms with E-state index in [9.17, 15) is 0 Å². The average molecular weight is 157 g/mol. The molecule has 3 aromatic rings. The van der Waals surface area contributed by atoms with Crippen LogP contribution in [-0.2, 0) is 0 Å². The first kappa shape index (κ1) is 5.89. The number of para-hydroxylation sites is 1. The van der Waals surface area contributed by atoms with Crippen molar-refractivity contribution in [2.75, 3.05) is 0 Å². The molecule has 0 fully saturated rings. The van der Waals surface area contributed by atoms with Gasteiger partial charge in [-0.25, -0.2) is 0 Å². The van der Waals surface area contributed by atoms with Crippen molar-refractivity contribution >= 4 is 22.0 Å². The van der Waals surface area contributed by atoms with Gasteiger partial charge in [-0.2, -0.15) is 0 Å². The quantitative estimate of drug-likeness (QED) is 0.534. The Balaban J connectivity index is 2.68. The molecular weight excluding hydrogens is 150 g/mol. The lowest BCUT2D eigenvalue weighted by molar-refractivity contribution is 0.605. The molecule has 0 saturated carbocycles. The molecule has 0 atom stereocenters. The third-order valence-corrected chi connectivity index (χ3v) is 2.13. The van der Waals surface area contributed by atoms with E-state index in [0.717, 1.165) is 16.6 Å². The zero-order valence-corrected chi connectivity index (χ0v) is 6.37. The standard InChI is InChI=1S/C10H7NO/c1-2-4-9-7(3-1)8-5-6-12-10(8)11-9/h1-6,11H. The highest BCUT2D eigenvalue weighted by atomic mass is 16.3. The van der Waals surface area contributed by atoms with Crippen molar-refractivity contribution in [2.45, 2.75) is 0 Å². The third-order valence-electron chi connectivity index (χ3n) is 2.13. The van der Waals surface area contributed by atoms with Crippen LogP contribution in [0, 0.1) is 0 Å². The average Bonchev–Trinajstić information content (AvgIpc) is 2.62. The van der Waals surface area contributed by atoms with Gasteiger partial charge in [-0.1, -0.05) is 18.2 Å². The van der Waals surface area contributed by atoms with E-state index in [0.29, 0.717) is 0 Å². The molecular formula is C10H7NO. The minimum absolute atomic E-state index is 0.858. The topological polar surface area (TPSA) is 28.9 Å². The van der Waals surface area contributed by atoms with Gasteiger partial charge in [0.1, 0.15) is 0 Å². The maximum Gasteiger partial charge on any atom is 0.205 e. The lowest BCUT2D eigenvalue weighted by Crippen LogP contribution is -1.63. The number of nitrogens with one attached hydrogen (secondary N) is 1. The van der Waals surface area contributed by atoms with Crippen molar-refractivity contribution in [1.29, 1.82) is 0 Å². The Morgan fingerprint density at radius 1 is 1.00 bits per heavy atom. The van der Waals surface area contributed by atoms with Gasteiger partial charge in [-0.3, -0.25) is 0 Å². The number of hydrogen-bond acceptors (Lipinski definition) is 1. The summed E-state index contributed by atoms with van der Waals surface area (Å²) in [5, 5.41) is 2.38. The van der Waals surface area contributed by atoms with Crippen LogP contribution in [0.3, 0.4) is 0 Å². The molecule has 0 spiro atoms. The molecule has 2 nitrogen and oxygen atoms in total. The molecule has 3 rings (SSSR count). The van der Waals surface area contributed by atoms with Crippen molar-refractivity contribution in [1.82, 2.24) is 4.98 Å². The van der Waals surface area contributed by atoms with E-state index >= 15 is 0 Å². The zero-order chi connectivity index (χ0) is 7.97. The van der Waals surface area contributed by atoms with Crippen LogP contribution in [0.1, 0.15) is 0 Å². The van der Waals surface area contributed by atoms with Gasteiger partial charge in [-0.15, -0.1) is 0 Å². The van der Waals surface area contributed by atoms with E-state index in [1.165, 1.54) is 5.39 Å². The monoisotopic (exact) mass is 157 g/mol. The molecule has 0 amide bonds. The third kappa shape index (κ3) is 0.593. The fourth-order valence-electron chi connectivity index (χ4n) is 1.57. The molecule has 0 aliphatic carbocycles. The number of benzene rings is 1. The highest BCUT2D eigenvalue weighted by Crippen LogP contribution is 2.25. The number of fused-ring (bicyclic) bond motifs is 3. The molecule has 0 radical (unpaired) electrons. The fraction of sp³-hybridized carbons (Fsp3) is 0. The van der Waals surface area contributed by atoms with Crippen LogP contribution in [-0.4, -0.2) is 4.98 Å². The van der Waals surface area contributed by atoms with Gasteiger partial charge in [0.15, 0.2) is 0 Å². The van der Waals surface area contributed by atoms with Gasteiger partial charge in [0.25, 0.3) is 0 Å². The van der Waals surface area contributed by atoms with E-state index in [4.69, 9.17) is 4.42 Å². The van der Waals surface area contributed by atoms with E-state index in [1.54, 1.807) is 6.26 Å². The summed E-state index contributed by atoms with van der Waals surface area (Å²) in [7, 11) is 0. The summed E-state index contributed by atoms with van der Waals surface area (Å²) in [4.78, 5) is 3.19. The largest absolute Gasteiger partial charge is 0.448 e. The molecule has 1 aromatic carbocycles. The number of furan rings is 1. The molecule has 2 heterocycles. The molecule has 0 aliphatic rings. The Bertz CT molecular complexity index is 532. The summed E-state index contributed by atoms with van der Waals surface area (Å²) in [6, 6.07) is 10.2. The lowest BCUT2D eigenvalue weighted by atomic mass is 10.2. The van der Waals surface area contributed by atoms with Gasteiger partial charge in [0.05, 0.1) is 6.26 Å². The minimum Gasteiger partial charge on any atom is -0.448 e. The second-order valence-corrected chi connectivity index (χ2v) is 2.83. The second kappa shape index (κ2) is 1.91. The Kier molecular flexibility index (Phi) is 0.939. The van der Waals surface area contributed by atoms with Crippen LogP contribution >= 0.6 is 0 Å². The smallest absolute Gasteiger partial charge is 0.205 e. The Morgan fingerprint density at radius 2 is 1.92 bits per heavy atom. The minimum atomic E-state index is 0.858. The summed E-state index contributed by atoms with van der Waals surface area (Å²) in [6.45, 7) is 0.